The van der Waals surface area contributed by atoms with Gasteiger partial charge in [0, 0.05) is 45.5 Å². The number of nitrogens with zero attached hydrogens (tertiary/aromatic N) is 4. The lowest BCUT2D eigenvalue weighted by atomic mass is 9.79. The van der Waals surface area contributed by atoms with E-state index in [-0.39, 0.29) is 10.8 Å². The minimum atomic E-state index is -0.0192. The molecule has 9 rings (SSSR count). The largest absolute Gasteiger partial charge is 0.496 e. The summed E-state index contributed by atoms with van der Waals surface area (Å²) in [6.45, 7) is 13.7. The SMILES string of the molecule is COc1ccccc1-c1cc(-c2cc(C(C)(C)C)cc(C(C)(C)C)c2)cc(-c2cccc(-c3cc(-c4cccc5c4c4cccnc4n5-c4ccccc4)ccn3)c2)n1. The van der Waals surface area contributed by atoms with Crippen molar-refractivity contribution in [1.29, 1.82) is 0 Å². The lowest BCUT2D eigenvalue weighted by Crippen LogP contribution is -2.16. The zero-order valence-electron chi connectivity index (χ0n) is 34.8. The van der Waals surface area contributed by atoms with Crippen molar-refractivity contribution in [3.63, 3.8) is 0 Å². The molecule has 0 bridgehead atoms. The van der Waals surface area contributed by atoms with Gasteiger partial charge >= 0.3 is 0 Å². The first-order valence-electron chi connectivity index (χ1n) is 20.3. The van der Waals surface area contributed by atoms with E-state index < -0.39 is 0 Å². The van der Waals surface area contributed by atoms with Gasteiger partial charge in [-0.05, 0) is 117 Å². The first-order valence-corrected chi connectivity index (χ1v) is 20.3. The van der Waals surface area contributed by atoms with Gasteiger partial charge in [-0.2, -0.15) is 0 Å². The van der Waals surface area contributed by atoms with Gasteiger partial charge in [0.25, 0.3) is 0 Å². The van der Waals surface area contributed by atoms with E-state index in [0.29, 0.717) is 0 Å². The second kappa shape index (κ2) is 14.8. The molecule has 0 aliphatic carbocycles. The highest BCUT2D eigenvalue weighted by molar-refractivity contribution is 6.14. The summed E-state index contributed by atoms with van der Waals surface area (Å²) in [6, 6.07) is 53.7. The average molecular weight is 769 g/mol. The van der Waals surface area contributed by atoms with E-state index in [1.165, 1.54) is 22.1 Å². The van der Waals surface area contributed by atoms with Crippen molar-refractivity contribution in [2.45, 2.75) is 52.4 Å². The molecular weight excluding hydrogens is 721 g/mol. The van der Waals surface area contributed by atoms with Gasteiger partial charge < -0.3 is 4.74 Å². The van der Waals surface area contributed by atoms with Crippen molar-refractivity contribution >= 4 is 21.9 Å². The lowest BCUT2D eigenvalue weighted by molar-refractivity contribution is 0.416. The molecule has 59 heavy (non-hydrogen) atoms. The normalized spacial score (nSPS) is 12.0. The fourth-order valence-corrected chi connectivity index (χ4v) is 8.07. The van der Waals surface area contributed by atoms with Crippen LogP contribution in [0.4, 0.5) is 0 Å². The fraction of sp³-hybridized carbons (Fsp3) is 0.167. The van der Waals surface area contributed by atoms with Crippen LogP contribution in [0.2, 0.25) is 0 Å². The molecule has 0 fully saturated rings. The molecule has 0 amide bonds. The third kappa shape index (κ3) is 7.18. The molecule has 0 aliphatic heterocycles. The quantitative estimate of drug-likeness (QED) is 0.162. The van der Waals surface area contributed by atoms with Crippen LogP contribution in [0.15, 0.2) is 164 Å². The van der Waals surface area contributed by atoms with Crippen LogP contribution in [0.3, 0.4) is 0 Å². The van der Waals surface area contributed by atoms with E-state index in [2.05, 4.69) is 167 Å². The third-order valence-corrected chi connectivity index (χ3v) is 11.3. The monoisotopic (exact) mass is 768 g/mol. The minimum Gasteiger partial charge on any atom is -0.496 e. The average Bonchev–Trinajstić information content (AvgIpc) is 3.60. The van der Waals surface area contributed by atoms with E-state index in [1.807, 2.05) is 42.7 Å². The highest BCUT2D eigenvalue weighted by Gasteiger charge is 2.23. The Morgan fingerprint density at radius 2 is 1.12 bits per heavy atom. The summed E-state index contributed by atoms with van der Waals surface area (Å²) in [5.41, 5.74) is 15.8. The van der Waals surface area contributed by atoms with Gasteiger partial charge in [0.05, 0.1) is 29.7 Å². The van der Waals surface area contributed by atoms with Crippen LogP contribution in [-0.2, 0) is 10.8 Å². The molecule has 0 atom stereocenters. The Kier molecular flexibility index (Phi) is 9.48. The minimum absolute atomic E-state index is 0.0192. The maximum absolute atomic E-state index is 5.86. The summed E-state index contributed by atoms with van der Waals surface area (Å²) < 4.78 is 8.12. The Morgan fingerprint density at radius 1 is 0.475 bits per heavy atom. The van der Waals surface area contributed by atoms with Crippen LogP contribution >= 0.6 is 0 Å². The molecule has 0 N–H and O–H groups in total. The highest BCUT2D eigenvalue weighted by Crippen LogP contribution is 2.41. The van der Waals surface area contributed by atoms with Crippen LogP contribution in [-0.4, -0.2) is 26.6 Å². The number of hydrogen-bond acceptors (Lipinski definition) is 4. The maximum Gasteiger partial charge on any atom is 0.145 e. The molecular formula is C54H48N4O. The van der Waals surface area contributed by atoms with E-state index in [4.69, 9.17) is 19.7 Å². The van der Waals surface area contributed by atoms with Gasteiger partial charge in [0.15, 0.2) is 0 Å². The Labute approximate surface area is 347 Å². The van der Waals surface area contributed by atoms with Crippen molar-refractivity contribution in [3.8, 4) is 67.5 Å². The van der Waals surface area contributed by atoms with Crippen LogP contribution in [0, 0.1) is 0 Å². The standard InChI is InChI=1S/C54H48N4O/c1-53(2,3)40-29-38(30-41(34-40)54(4,5)6)39-32-47(57-48(33-39)44-20-11-12-24-50(44)59-7)37-17-13-16-36(28-37)46-31-35(25-27-55-46)43-21-14-23-49-51(43)45-22-15-26-56-52(45)58(49)42-18-9-8-10-19-42/h8-34H,1-7H3. The molecule has 4 heterocycles. The number of fused-ring (bicyclic) bond motifs is 3. The molecule has 0 unspecified atom stereocenters. The molecule has 5 aromatic carbocycles. The summed E-state index contributed by atoms with van der Waals surface area (Å²) in [5, 5.41) is 2.28. The molecule has 9 aromatic rings. The third-order valence-electron chi connectivity index (χ3n) is 11.3. The van der Waals surface area contributed by atoms with Crippen molar-refractivity contribution in [1.82, 2.24) is 19.5 Å². The van der Waals surface area contributed by atoms with Gasteiger partial charge in [0.1, 0.15) is 11.4 Å². The number of methoxy groups -OCH3 is 1. The molecule has 0 saturated heterocycles. The predicted octanol–water partition coefficient (Wildman–Crippen LogP) is 13.9. The van der Waals surface area contributed by atoms with Gasteiger partial charge in [-0.1, -0.05) is 120 Å². The molecule has 0 radical (unpaired) electrons. The predicted molar refractivity (Wildman–Crippen MR) is 245 cm³/mol. The molecule has 0 aliphatic rings. The van der Waals surface area contributed by atoms with Crippen LogP contribution in [0.25, 0.3) is 83.6 Å². The number of aromatic nitrogens is 4. The summed E-state index contributed by atoms with van der Waals surface area (Å²) in [4.78, 5) is 15.1. The van der Waals surface area contributed by atoms with Crippen molar-refractivity contribution < 1.29 is 4.74 Å². The number of hydrogen-bond donors (Lipinski definition) is 0. The zero-order chi connectivity index (χ0) is 40.9. The van der Waals surface area contributed by atoms with Gasteiger partial charge in [-0.25, -0.2) is 9.97 Å². The van der Waals surface area contributed by atoms with E-state index in [1.54, 1.807) is 7.11 Å². The van der Waals surface area contributed by atoms with Crippen LogP contribution in [0.1, 0.15) is 52.7 Å². The lowest BCUT2D eigenvalue weighted by Gasteiger charge is -2.26. The number of ether oxygens (including phenoxy) is 1. The highest BCUT2D eigenvalue weighted by atomic mass is 16.5. The van der Waals surface area contributed by atoms with Crippen molar-refractivity contribution in [3.05, 3.63) is 175 Å². The Balaban J connectivity index is 1.18. The maximum atomic E-state index is 5.86. The molecule has 0 spiro atoms. The van der Waals surface area contributed by atoms with Gasteiger partial charge in [0.2, 0.25) is 0 Å². The molecule has 290 valence electrons. The topological polar surface area (TPSA) is 52.8 Å². The van der Waals surface area contributed by atoms with Crippen molar-refractivity contribution in [2.75, 3.05) is 7.11 Å². The summed E-state index contributed by atoms with van der Waals surface area (Å²) in [7, 11) is 1.72. The van der Waals surface area contributed by atoms with E-state index in [9.17, 15) is 0 Å². The van der Waals surface area contributed by atoms with Gasteiger partial charge in [-0.3, -0.25) is 9.55 Å². The smallest absolute Gasteiger partial charge is 0.145 e. The number of rotatable bonds is 7. The van der Waals surface area contributed by atoms with Crippen molar-refractivity contribution in [2.24, 2.45) is 0 Å². The summed E-state index contributed by atoms with van der Waals surface area (Å²) in [6.07, 6.45) is 3.78. The Hall–Kier alpha value is -6.85. The second-order valence-corrected chi connectivity index (χ2v) is 17.4. The van der Waals surface area contributed by atoms with E-state index in [0.717, 1.165) is 78.4 Å². The first-order chi connectivity index (χ1) is 28.5. The molecule has 5 nitrogen and oxygen atoms in total. The molecule has 0 saturated carbocycles. The first kappa shape index (κ1) is 37.7. The Morgan fingerprint density at radius 3 is 1.86 bits per heavy atom. The zero-order valence-corrected chi connectivity index (χ0v) is 34.8. The number of pyridine rings is 3. The number of benzene rings is 5. The fourth-order valence-electron chi connectivity index (χ4n) is 8.07. The molecule has 4 aromatic heterocycles. The second-order valence-electron chi connectivity index (χ2n) is 17.4. The summed E-state index contributed by atoms with van der Waals surface area (Å²) >= 11 is 0. The summed E-state index contributed by atoms with van der Waals surface area (Å²) in [5.74, 6) is 0.786. The van der Waals surface area contributed by atoms with Crippen LogP contribution < -0.4 is 4.74 Å². The molecule has 5 heteroatoms. The number of para-hydroxylation sites is 2. The van der Waals surface area contributed by atoms with Crippen LogP contribution in [0.5, 0.6) is 5.75 Å². The van der Waals surface area contributed by atoms with E-state index >= 15 is 0 Å². The Bertz CT molecular complexity index is 2970. The van der Waals surface area contributed by atoms with Gasteiger partial charge in [-0.15, -0.1) is 0 Å².